The van der Waals surface area contributed by atoms with Crippen LogP contribution in [0.25, 0.3) is 0 Å². The van der Waals surface area contributed by atoms with Crippen LogP contribution < -0.4 is 5.32 Å². The lowest BCUT2D eigenvalue weighted by Gasteiger charge is -2.36. The molecule has 1 N–H and O–H groups in total. The zero-order valence-electron chi connectivity index (χ0n) is 13.9. The molecule has 0 amide bonds. The highest BCUT2D eigenvalue weighted by molar-refractivity contribution is 5.23. The van der Waals surface area contributed by atoms with Crippen molar-refractivity contribution in [3.8, 4) is 0 Å². The summed E-state index contributed by atoms with van der Waals surface area (Å²) in [5, 5.41) is 3.54. The molecule has 0 saturated carbocycles. The number of ether oxygens (including phenoxy) is 1. The standard InChI is InChI=1S/C20H26N2O/c1-23-16-19-9-7-17(8-10-19)13-20-14-21-11-12-22(20)15-18-5-3-2-4-6-18/h2-10,20-21H,11-16H2,1H3. The van der Waals surface area contributed by atoms with Gasteiger partial charge in [0, 0.05) is 39.3 Å². The minimum absolute atomic E-state index is 0.553. The number of methoxy groups -OCH3 is 1. The third-order valence-corrected chi connectivity index (χ3v) is 4.51. The van der Waals surface area contributed by atoms with Crippen LogP contribution in [0.15, 0.2) is 54.6 Å². The molecular formula is C20H26N2O. The van der Waals surface area contributed by atoms with Crippen molar-refractivity contribution in [2.24, 2.45) is 0 Å². The van der Waals surface area contributed by atoms with Crippen molar-refractivity contribution in [2.75, 3.05) is 26.7 Å². The Morgan fingerprint density at radius 1 is 1.00 bits per heavy atom. The number of hydrogen-bond donors (Lipinski definition) is 1. The largest absolute Gasteiger partial charge is 0.380 e. The van der Waals surface area contributed by atoms with E-state index < -0.39 is 0 Å². The molecule has 1 heterocycles. The maximum Gasteiger partial charge on any atom is 0.0713 e. The summed E-state index contributed by atoms with van der Waals surface area (Å²) in [6.07, 6.45) is 1.09. The Morgan fingerprint density at radius 2 is 1.74 bits per heavy atom. The van der Waals surface area contributed by atoms with Crippen molar-refractivity contribution in [2.45, 2.75) is 25.6 Å². The highest BCUT2D eigenvalue weighted by Gasteiger charge is 2.22. The first-order valence-corrected chi connectivity index (χ1v) is 8.40. The monoisotopic (exact) mass is 310 g/mol. The first kappa shape index (κ1) is 16.2. The van der Waals surface area contributed by atoms with Gasteiger partial charge in [0.1, 0.15) is 0 Å². The van der Waals surface area contributed by atoms with E-state index in [1.165, 1.54) is 16.7 Å². The maximum absolute atomic E-state index is 5.18. The molecule has 0 aromatic heterocycles. The molecule has 1 fully saturated rings. The second-order valence-electron chi connectivity index (χ2n) is 6.27. The van der Waals surface area contributed by atoms with E-state index in [0.29, 0.717) is 12.6 Å². The zero-order chi connectivity index (χ0) is 15.9. The van der Waals surface area contributed by atoms with Gasteiger partial charge in [0.15, 0.2) is 0 Å². The smallest absolute Gasteiger partial charge is 0.0713 e. The number of rotatable bonds is 6. The van der Waals surface area contributed by atoms with Gasteiger partial charge in [-0.15, -0.1) is 0 Å². The molecule has 122 valence electrons. The molecular weight excluding hydrogens is 284 g/mol. The van der Waals surface area contributed by atoms with E-state index in [9.17, 15) is 0 Å². The van der Waals surface area contributed by atoms with Crippen molar-refractivity contribution in [1.82, 2.24) is 10.2 Å². The van der Waals surface area contributed by atoms with E-state index in [2.05, 4.69) is 64.8 Å². The van der Waals surface area contributed by atoms with Crippen molar-refractivity contribution in [1.29, 1.82) is 0 Å². The van der Waals surface area contributed by atoms with Gasteiger partial charge in [0.05, 0.1) is 6.61 Å². The minimum atomic E-state index is 0.553. The lowest BCUT2D eigenvalue weighted by atomic mass is 10.0. The summed E-state index contributed by atoms with van der Waals surface area (Å²) >= 11 is 0. The Balaban J connectivity index is 1.64. The summed E-state index contributed by atoms with van der Waals surface area (Å²) in [5.41, 5.74) is 4.03. The molecule has 1 aliphatic rings. The van der Waals surface area contributed by atoms with Gasteiger partial charge in [-0.1, -0.05) is 54.6 Å². The summed E-state index contributed by atoms with van der Waals surface area (Å²) in [6, 6.07) is 20.2. The van der Waals surface area contributed by atoms with Crippen LogP contribution in [-0.4, -0.2) is 37.7 Å². The Bertz CT molecular complexity index is 582. The highest BCUT2D eigenvalue weighted by Crippen LogP contribution is 2.15. The molecule has 1 unspecified atom stereocenters. The first-order valence-electron chi connectivity index (χ1n) is 8.40. The normalized spacial score (nSPS) is 18.9. The van der Waals surface area contributed by atoms with Gasteiger partial charge in [0.25, 0.3) is 0 Å². The van der Waals surface area contributed by atoms with Gasteiger partial charge in [-0.05, 0) is 23.1 Å². The fourth-order valence-corrected chi connectivity index (χ4v) is 3.24. The van der Waals surface area contributed by atoms with Crippen LogP contribution >= 0.6 is 0 Å². The van der Waals surface area contributed by atoms with Crippen LogP contribution in [0.1, 0.15) is 16.7 Å². The van der Waals surface area contributed by atoms with E-state index in [-0.39, 0.29) is 0 Å². The number of hydrogen-bond acceptors (Lipinski definition) is 3. The molecule has 3 heteroatoms. The Morgan fingerprint density at radius 3 is 2.48 bits per heavy atom. The molecule has 2 aromatic carbocycles. The molecule has 3 nitrogen and oxygen atoms in total. The molecule has 1 aliphatic heterocycles. The van der Waals surface area contributed by atoms with Crippen molar-refractivity contribution >= 4 is 0 Å². The second-order valence-corrected chi connectivity index (χ2v) is 6.27. The van der Waals surface area contributed by atoms with Gasteiger partial charge in [-0.3, -0.25) is 4.90 Å². The molecule has 0 bridgehead atoms. The predicted molar refractivity (Wildman–Crippen MR) is 94.4 cm³/mol. The lowest BCUT2D eigenvalue weighted by Crippen LogP contribution is -2.51. The summed E-state index contributed by atoms with van der Waals surface area (Å²) in [4.78, 5) is 2.61. The van der Waals surface area contributed by atoms with E-state index in [4.69, 9.17) is 4.74 Å². The highest BCUT2D eigenvalue weighted by atomic mass is 16.5. The van der Waals surface area contributed by atoms with E-state index in [0.717, 1.165) is 32.6 Å². The lowest BCUT2D eigenvalue weighted by molar-refractivity contribution is 0.152. The van der Waals surface area contributed by atoms with Gasteiger partial charge in [-0.25, -0.2) is 0 Å². The number of benzene rings is 2. The SMILES string of the molecule is COCc1ccc(CC2CNCCN2Cc2ccccc2)cc1. The summed E-state index contributed by atoms with van der Waals surface area (Å²) in [6.45, 7) is 4.98. The average molecular weight is 310 g/mol. The second kappa shape index (κ2) is 8.25. The van der Waals surface area contributed by atoms with E-state index >= 15 is 0 Å². The van der Waals surface area contributed by atoms with Gasteiger partial charge in [0.2, 0.25) is 0 Å². The molecule has 23 heavy (non-hydrogen) atoms. The summed E-state index contributed by atoms with van der Waals surface area (Å²) in [7, 11) is 1.74. The zero-order valence-corrected chi connectivity index (χ0v) is 13.9. The topological polar surface area (TPSA) is 24.5 Å². The Labute approximate surface area is 139 Å². The first-order chi connectivity index (χ1) is 11.3. The fraction of sp³-hybridized carbons (Fsp3) is 0.400. The van der Waals surface area contributed by atoms with Crippen molar-refractivity contribution in [3.63, 3.8) is 0 Å². The summed E-state index contributed by atoms with van der Waals surface area (Å²) < 4.78 is 5.18. The van der Waals surface area contributed by atoms with Crippen LogP contribution in [0.3, 0.4) is 0 Å². The van der Waals surface area contributed by atoms with Crippen LogP contribution in [0.2, 0.25) is 0 Å². The Hall–Kier alpha value is -1.68. The van der Waals surface area contributed by atoms with Gasteiger partial charge in [-0.2, -0.15) is 0 Å². The number of nitrogens with zero attached hydrogens (tertiary/aromatic N) is 1. The predicted octanol–water partition coefficient (Wildman–Crippen LogP) is 2.85. The van der Waals surface area contributed by atoms with Gasteiger partial charge >= 0.3 is 0 Å². The van der Waals surface area contributed by atoms with E-state index in [1.54, 1.807) is 7.11 Å². The molecule has 3 rings (SSSR count). The maximum atomic E-state index is 5.18. The molecule has 1 saturated heterocycles. The van der Waals surface area contributed by atoms with Crippen molar-refractivity contribution in [3.05, 3.63) is 71.3 Å². The van der Waals surface area contributed by atoms with Crippen molar-refractivity contribution < 1.29 is 4.74 Å². The van der Waals surface area contributed by atoms with Crippen LogP contribution in [0.4, 0.5) is 0 Å². The third-order valence-electron chi connectivity index (χ3n) is 4.51. The fourth-order valence-electron chi connectivity index (χ4n) is 3.24. The number of nitrogens with one attached hydrogen (secondary N) is 1. The van der Waals surface area contributed by atoms with Crippen LogP contribution in [0.5, 0.6) is 0 Å². The van der Waals surface area contributed by atoms with Gasteiger partial charge < -0.3 is 10.1 Å². The summed E-state index contributed by atoms with van der Waals surface area (Å²) in [5.74, 6) is 0. The number of piperazine rings is 1. The molecule has 1 atom stereocenters. The van der Waals surface area contributed by atoms with Crippen LogP contribution in [-0.2, 0) is 24.3 Å². The van der Waals surface area contributed by atoms with E-state index in [1.807, 2.05) is 0 Å². The quantitative estimate of drug-likeness (QED) is 0.888. The Kier molecular flexibility index (Phi) is 5.81. The average Bonchev–Trinajstić information content (AvgIpc) is 2.60. The minimum Gasteiger partial charge on any atom is -0.380 e. The molecule has 0 aliphatic carbocycles. The molecule has 0 radical (unpaired) electrons. The third kappa shape index (κ3) is 4.64. The van der Waals surface area contributed by atoms with Crippen LogP contribution in [0, 0.1) is 0 Å². The molecule has 0 spiro atoms. The molecule has 2 aromatic rings.